The molecule has 0 aliphatic heterocycles. The Morgan fingerprint density at radius 1 is 0.969 bits per heavy atom. The molecule has 0 saturated heterocycles. The van der Waals surface area contributed by atoms with Gasteiger partial charge in [0.1, 0.15) is 0 Å². The molecule has 0 unspecified atom stereocenters. The topological polar surface area (TPSA) is 75.3 Å². The number of sulfonamides is 1. The molecule has 2 N–H and O–H groups in total. The first kappa shape index (κ1) is 23.6. The molecule has 5 nitrogen and oxygen atoms in total. The summed E-state index contributed by atoms with van der Waals surface area (Å²) >= 11 is 6.11. The molecule has 3 aromatic carbocycles. The van der Waals surface area contributed by atoms with Crippen LogP contribution in [0.4, 0.5) is 24.5 Å². The number of hydrogen-bond acceptors (Lipinski definition) is 3. The van der Waals surface area contributed by atoms with Gasteiger partial charge in [-0.05, 0) is 67.4 Å². The van der Waals surface area contributed by atoms with Gasteiger partial charge in [0.2, 0.25) is 0 Å². The van der Waals surface area contributed by atoms with Crippen molar-refractivity contribution in [1.82, 2.24) is 0 Å². The Labute approximate surface area is 188 Å². The van der Waals surface area contributed by atoms with Crippen LogP contribution in [0.3, 0.4) is 0 Å². The predicted octanol–water partition coefficient (Wildman–Crippen LogP) is 6.03. The predicted molar refractivity (Wildman–Crippen MR) is 118 cm³/mol. The van der Waals surface area contributed by atoms with Crippen LogP contribution in [0.2, 0.25) is 5.02 Å². The van der Waals surface area contributed by atoms with Crippen molar-refractivity contribution >= 4 is 38.9 Å². The second-order valence-corrected chi connectivity index (χ2v) is 9.12. The van der Waals surface area contributed by atoms with E-state index >= 15 is 0 Å². The molecule has 168 valence electrons. The number of amides is 1. The minimum atomic E-state index is -4.62. The zero-order valence-electron chi connectivity index (χ0n) is 16.9. The van der Waals surface area contributed by atoms with Crippen molar-refractivity contribution < 1.29 is 26.4 Å². The summed E-state index contributed by atoms with van der Waals surface area (Å²) < 4.78 is 66.3. The van der Waals surface area contributed by atoms with Gasteiger partial charge in [0, 0.05) is 11.4 Å². The van der Waals surface area contributed by atoms with Crippen LogP contribution >= 0.6 is 11.6 Å². The van der Waals surface area contributed by atoms with E-state index in [1.165, 1.54) is 12.1 Å². The van der Waals surface area contributed by atoms with E-state index < -0.39 is 27.7 Å². The molecule has 1 amide bonds. The molecule has 32 heavy (non-hydrogen) atoms. The lowest BCUT2D eigenvalue weighted by molar-refractivity contribution is -0.137. The smallest absolute Gasteiger partial charge is 0.322 e. The molecule has 0 aliphatic rings. The lowest BCUT2D eigenvalue weighted by Crippen LogP contribution is -2.17. The number of alkyl halides is 3. The van der Waals surface area contributed by atoms with Crippen LogP contribution in [0.1, 0.15) is 27.0 Å². The zero-order valence-corrected chi connectivity index (χ0v) is 18.5. The van der Waals surface area contributed by atoms with E-state index in [2.05, 4.69) is 10.0 Å². The largest absolute Gasteiger partial charge is 0.416 e. The molecule has 0 aromatic heterocycles. The maximum atomic E-state index is 12.9. The number of carbonyl (C=O) groups is 1. The first-order chi connectivity index (χ1) is 14.9. The number of aryl methyl sites for hydroxylation is 1. The highest BCUT2D eigenvalue weighted by Crippen LogP contribution is 2.31. The number of nitrogens with one attached hydrogen (secondary N) is 2. The zero-order chi connectivity index (χ0) is 23.7. The van der Waals surface area contributed by atoms with Gasteiger partial charge < -0.3 is 5.32 Å². The van der Waals surface area contributed by atoms with E-state index in [0.717, 1.165) is 35.4 Å². The molecule has 0 bridgehead atoms. The molecule has 0 radical (unpaired) electrons. The molecule has 10 heteroatoms. The Balaban J connectivity index is 1.90. The van der Waals surface area contributed by atoms with Gasteiger partial charge in [0.05, 0.1) is 21.0 Å². The molecule has 0 aliphatic carbocycles. The van der Waals surface area contributed by atoms with Crippen LogP contribution in [0, 0.1) is 13.8 Å². The molecular formula is C22H18ClF3N2O3S. The Morgan fingerprint density at radius 3 is 2.34 bits per heavy atom. The van der Waals surface area contributed by atoms with E-state index in [1.54, 1.807) is 12.1 Å². The van der Waals surface area contributed by atoms with Crippen LogP contribution < -0.4 is 10.0 Å². The molecule has 0 atom stereocenters. The number of rotatable bonds is 5. The van der Waals surface area contributed by atoms with Gasteiger partial charge in [-0.15, -0.1) is 0 Å². The third-order valence-corrected chi connectivity index (χ3v) is 6.50. The summed E-state index contributed by atoms with van der Waals surface area (Å²) in [6.07, 6.45) is -4.62. The SMILES string of the molecule is Cc1cccc(NC(=O)c2cc(S(=O)(=O)Nc3cccc(C(F)(F)F)c3)ccc2Cl)c1C. The van der Waals surface area contributed by atoms with E-state index in [9.17, 15) is 26.4 Å². The van der Waals surface area contributed by atoms with Crippen molar-refractivity contribution in [2.24, 2.45) is 0 Å². The molecule has 0 fully saturated rings. The average Bonchev–Trinajstić information content (AvgIpc) is 2.70. The minimum absolute atomic E-state index is 0.0193. The molecule has 0 spiro atoms. The maximum absolute atomic E-state index is 12.9. The molecular weight excluding hydrogens is 465 g/mol. The molecule has 0 heterocycles. The fourth-order valence-corrected chi connectivity index (χ4v) is 4.17. The van der Waals surface area contributed by atoms with E-state index in [4.69, 9.17) is 11.6 Å². The van der Waals surface area contributed by atoms with Gasteiger partial charge >= 0.3 is 6.18 Å². The number of carbonyl (C=O) groups excluding carboxylic acids is 1. The fourth-order valence-electron chi connectivity index (χ4n) is 2.89. The Hall–Kier alpha value is -3.04. The Morgan fingerprint density at radius 2 is 1.66 bits per heavy atom. The van der Waals surface area contributed by atoms with Gasteiger partial charge in [0.25, 0.3) is 15.9 Å². The highest BCUT2D eigenvalue weighted by molar-refractivity contribution is 7.92. The maximum Gasteiger partial charge on any atom is 0.416 e. The van der Waals surface area contributed by atoms with Crippen molar-refractivity contribution in [3.63, 3.8) is 0 Å². The van der Waals surface area contributed by atoms with Crippen LogP contribution in [-0.4, -0.2) is 14.3 Å². The van der Waals surface area contributed by atoms with Crippen LogP contribution in [0.5, 0.6) is 0 Å². The fraction of sp³-hybridized carbons (Fsp3) is 0.136. The lowest BCUT2D eigenvalue weighted by atomic mass is 10.1. The van der Waals surface area contributed by atoms with E-state index in [0.29, 0.717) is 11.8 Å². The summed E-state index contributed by atoms with van der Waals surface area (Å²) in [5.74, 6) is -0.625. The summed E-state index contributed by atoms with van der Waals surface area (Å²) in [4.78, 5) is 12.4. The number of anilines is 2. The van der Waals surface area contributed by atoms with Crippen molar-refractivity contribution in [2.75, 3.05) is 10.0 Å². The normalized spacial score (nSPS) is 11.8. The lowest BCUT2D eigenvalue weighted by Gasteiger charge is -2.14. The van der Waals surface area contributed by atoms with Crippen LogP contribution in [0.15, 0.2) is 65.6 Å². The van der Waals surface area contributed by atoms with Crippen molar-refractivity contribution in [3.8, 4) is 0 Å². The van der Waals surface area contributed by atoms with Crippen LogP contribution in [-0.2, 0) is 16.2 Å². The number of hydrogen-bond donors (Lipinski definition) is 2. The Kier molecular flexibility index (Phi) is 6.52. The Bertz CT molecular complexity index is 1290. The van der Waals surface area contributed by atoms with Gasteiger partial charge in [-0.3, -0.25) is 9.52 Å². The summed E-state index contributed by atoms with van der Waals surface area (Å²) in [7, 11) is -4.29. The quantitative estimate of drug-likeness (QED) is 0.466. The summed E-state index contributed by atoms with van der Waals surface area (Å²) in [5, 5.41) is 2.72. The van der Waals surface area contributed by atoms with Gasteiger partial charge in [-0.2, -0.15) is 13.2 Å². The van der Waals surface area contributed by atoms with Crippen LogP contribution in [0.25, 0.3) is 0 Å². The van der Waals surface area contributed by atoms with Gasteiger partial charge in [-0.25, -0.2) is 8.42 Å². The minimum Gasteiger partial charge on any atom is -0.322 e. The number of halogens is 4. The van der Waals surface area contributed by atoms with Gasteiger partial charge in [0.15, 0.2) is 0 Å². The van der Waals surface area contributed by atoms with Gasteiger partial charge in [-0.1, -0.05) is 29.8 Å². The average molecular weight is 483 g/mol. The standard InChI is InChI=1S/C22H18ClF3N2O3S/c1-13-5-3-8-20(14(13)2)27-21(29)18-12-17(9-10-19(18)23)32(30,31)28-16-7-4-6-15(11-16)22(24,25)26/h3-12,28H,1-2H3,(H,27,29). The second-order valence-electron chi connectivity index (χ2n) is 7.03. The second kappa shape index (κ2) is 8.84. The van der Waals surface area contributed by atoms with E-state index in [1.807, 2.05) is 19.9 Å². The van der Waals surface area contributed by atoms with E-state index in [-0.39, 0.29) is 21.2 Å². The molecule has 0 saturated carbocycles. The summed E-state index contributed by atoms with van der Waals surface area (Å²) in [6.45, 7) is 3.71. The molecule has 3 rings (SSSR count). The van der Waals surface area contributed by atoms with Crippen molar-refractivity contribution in [1.29, 1.82) is 0 Å². The molecule has 3 aromatic rings. The van der Waals surface area contributed by atoms with Crippen molar-refractivity contribution in [2.45, 2.75) is 24.9 Å². The third kappa shape index (κ3) is 5.23. The highest BCUT2D eigenvalue weighted by atomic mass is 35.5. The number of benzene rings is 3. The third-order valence-electron chi connectivity index (χ3n) is 4.79. The first-order valence-electron chi connectivity index (χ1n) is 9.26. The first-order valence-corrected chi connectivity index (χ1v) is 11.1. The monoisotopic (exact) mass is 482 g/mol. The summed E-state index contributed by atoms with van der Waals surface area (Å²) in [5.41, 5.74) is 0.974. The summed E-state index contributed by atoms with van der Waals surface area (Å²) in [6, 6.07) is 12.6. The highest BCUT2D eigenvalue weighted by Gasteiger charge is 2.31. The van der Waals surface area contributed by atoms with Crippen molar-refractivity contribution in [3.05, 3.63) is 87.9 Å².